The van der Waals surface area contributed by atoms with E-state index in [-0.39, 0.29) is 6.09 Å². The minimum atomic E-state index is -0.397. The third-order valence-electron chi connectivity index (χ3n) is 3.34. The molecule has 0 bridgehead atoms. The van der Waals surface area contributed by atoms with Gasteiger partial charge in [-0.3, -0.25) is 0 Å². The van der Waals surface area contributed by atoms with Gasteiger partial charge in [0.1, 0.15) is 5.60 Å². The van der Waals surface area contributed by atoms with Crippen LogP contribution in [-0.2, 0) is 4.74 Å². The zero-order chi connectivity index (χ0) is 13.8. The van der Waals surface area contributed by atoms with E-state index in [0.29, 0.717) is 12.0 Å². The van der Waals surface area contributed by atoms with Crippen LogP contribution in [0.25, 0.3) is 0 Å². The van der Waals surface area contributed by atoms with Crippen molar-refractivity contribution in [1.29, 1.82) is 0 Å². The molecule has 1 aliphatic carbocycles. The number of carbonyl (C=O) groups is 1. The van der Waals surface area contributed by atoms with Gasteiger partial charge in [0.05, 0.1) is 0 Å². The van der Waals surface area contributed by atoms with Gasteiger partial charge >= 0.3 is 6.09 Å². The maximum absolute atomic E-state index is 12.3. The number of hydrogen-bond acceptors (Lipinski definition) is 2. The number of rotatable bonds is 4. The molecule has 1 rings (SSSR count). The summed E-state index contributed by atoms with van der Waals surface area (Å²) in [5, 5.41) is 0. The summed E-state index contributed by atoms with van der Waals surface area (Å²) in [6, 6.07) is 0.401. The third-order valence-corrected chi connectivity index (χ3v) is 3.34. The molecular weight excluding hydrogens is 226 g/mol. The smallest absolute Gasteiger partial charge is 0.410 e. The van der Waals surface area contributed by atoms with Crippen molar-refractivity contribution >= 4 is 6.09 Å². The van der Waals surface area contributed by atoms with Crippen molar-refractivity contribution in [2.24, 2.45) is 5.92 Å². The van der Waals surface area contributed by atoms with Crippen molar-refractivity contribution in [3.63, 3.8) is 0 Å². The lowest BCUT2D eigenvalue weighted by Crippen LogP contribution is -2.43. The molecule has 1 saturated carbocycles. The second-order valence-corrected chi connectivity index (χ2v) is 6.79. The second kappa shape index (κ2) is 6.44. The Morgan fingerprint density at radius 2 is 1.83 bits per heavy atom. The van der Waals surface area contributed by atoms with Crippen LogP contribution in [-0.4, -0.2) is 29.2 Å². The lowest BCUT2D eigenvalue weighted by molar-refractivity contribution is 0.0156. The molecule has 0 heterocycles. The fourth-order valence-electron chi connectivity index (χ4n) is 2.36. The molecule has 0 radical (unpaired) electrons. The van der Waals surface area contributed by atoms with Crippen LogP contribution in [0.5, 0.6) is 0 Å². The molecule has 0 aliphatic heterocycles. The molecule has 1 amide bonds. The summed E-state index contributed by atoms with van der Waals surface area (Å²) in [5.41, 5.74) is -0.397. The Kier molecular flexibility index (Phi) is 5.48. The molecule has 0 atom stereocenters. The zero-order valence-corrected chi connectivity index (χ0v) is 12.7. The summed E-state index contributed by atoms with van der Waals surface area (Å²) in [6.07, 6.45) is 5.68. The summed E-state index contributed by atoms with van der Waals surface area (Å²) >= 11 is 0. The minimum absolute atomic E-state index is 0.130. The fraction of sp³-hybridized carbons (Fsp3) is 0.933. The van der Waals surface area contributed by atoms with Crippen LogP contribution < -0.4 is 0 Å². The van der Waals surface area contributed by atoms with Crippen molar-refractivity contribution in [3.8, 4) is 0 Å². The number of amides is 1. The fourth-order valence-corrected chi connectivity index (χ4v) is 2.36. The highest BCUT2D eigenvalue weighted by Crippen LogP contribution is 2.25. The molecule has 0 N–H and O–H groups in total. The average Bonchev–Trinajstić information content (AvgIpc) is 2.67. The Balaban J connectivity index is 2.60. The predicted octanol–water partition coefficient (Wildman–Crippen LogP) is 4.21. The van der Waals surface area contributed by atoms with Crippen molar-refractivity contribution < 1.29 is 9.53 Å². The largest absolute Gasteiger partial charge is 0.444 e. The molecule has 3 nitrogen and oxygen atoms in total. The van der Waals surface area contributed by atoms with Crippen molar-refractivity contribution in [2.75, 3.05) is 6.54 Å². The maximum Gasteiger partial charge on any atom is 0.410 e. The van der Waals surface area contributed by atoms with E-state index in [2.05, 4.69) is 13.8 Å². The van der Waals surface area contributed by atoms with Crippen LogP contribution in [0.15, 0.2) is 0 Å². The maximum atomic E-state index is 12.3. The van der Waals surface area contributed by atoms with E-state index in [1.54, 1.807) is 0 Å². The molecule has 0 unspecified atom stereocenters. The van der Waals surface area contributed by atoms with Crippen molar-refractivity contribution in [1.82, 2.24) is 4.90 Å². The predicted molar refractivity (Wildman–Crippen MR) is 74.7 cm³/mol. The SMILES string of the molecule is CC(C)CCN(C(=O)OC(C)(C)C)C1CCCC1. The lowest BCUT2D eigenvalue weighted by Gasteiger charge is -2.32. The van der Waals surface area contributed by atoms with E-state index in [1.807, 2.05) is 25.7 Å². The van der Waals surface area contributed by atoms with Gasteiger partial charge < -0.3 is 9.64 Å². The first-order valence-electron chi connectivity index (χ1n) is 7.29. The summed E-state index contributed by atoms with van der Waals surface area (Å²) < 4.78 is 5.53. The van der Waals surface area contributed by atoms with Crippen LogP contribution in [0.1, 0.15) is 66.7 Å². The van der Waals surface area contributed by atoms with Crippen LogP contribution in [0.4, 0.5) is 4.79 Å². The Bertz CT molecular complexity index is 262. The van der Waals surface area contributed by atoms with Crippen LogP contribution in [0, 0.1) is 5.92 Å². The van der Waals surface area contributed by atoms with Gasteiger partial charge in [0.2, 0.25) is 0 Å². The van der Waals surface area contributed by atoms with Gasteiger partial charge in [0.25, 0.3) is 0 Å². The standard InChI is InChI=1S/C15H29NO2/c1-12(2)10-11-16(13-8-6-7-9-13)14(17)18-15(3,4)5/h12-13H,6-11H2,1-5H3. The summed E-state index contributed by atoms with van der Waals surface area (Å²) in [7, 11) is 0. The van der Waals surface area contributed by atoms with Crippen LogP contribution in [0.2, 0.25) is 0 Å². The monoisotopic (exact) mass is 255 g/mol. The summed E-state index contributed by atoms with van der Waals surface area (Å²) in [5.74, 6) is 0.622. The highest BCUT2D eigenvalue weighted by atomic mass is 16.6. The Morgan fingerprint density at radius 1 is 1.28 bits per heavy atom. The van der Waals surface area contributed by atoms with Gasteiger partial charge in [0, 0.05) is 12.6 Å². The Labute approximate surface area is 112 Å². The van der Waals surface area contributed by atoms with Crippen LogP contribution in [0.3, 0.4) is 0 Å². The van der Waals surface area contributed by atoms with Crippen LogP contribution >= 0.6 is 0 Å². The van der Waals surface area contributed by atoms with Gasteiger partial charge in [-0.2, -0.15) is 0 Å². The molecule has 1 aliphatic rings. The highest BCUT2D eigenvalue weighted by Gasteiger charge is 2.29. The highest BCUT2D eigenvalue weighted by molar-refractivity contribution is 5.68. The molecular formula is C15H29NO2. The van der Waals surface area contributed by atoms with Gasteiger partial charge in [-0.1, -0.05) is 26.7 Å². The Morgan fingerprint density at radius 3 is 2.28 bits per heavy atom. The molecule has 0 spiro atoms. The average molecular weight is 255 g/mol. The molecule has 0 aromatic rings. The second-order valence-electron chi connectivity index (χ2n) is 6.79. The quantitative estimate of drug-likeness (QED) is 0.753. The first-order chi connectivity index (χ1) is 8.29. The first kappa shape index (κ1) is 15.3. The van der Waals surface area contributed by atoms with E-state index in [0.717, 1.165) is 25.8 Å². The minimum Gasteiger partial charge on any atom is -0.444 e. The summed E-state index contributed by atoms with van der Waals surface area (Å²) in [4.78, 5) is 14.2. The van der Waals surface area contributed by atoms with Crippen molar-refractivity contribution in [2.45, 2.75) is 78.4 Å². The normalized spacial score (nSPS) is 17.2. The molecule has 0 aromatic carbocycles. The van der Waals surface area contributed by atoms with E-state index in [4.69, 9.17) is 4.74 Å². The van der Waals surface area contributed by atoms with E-state index in [9.17, 15) is 4.79 Å². The summed E-state index contributed by atoms with van der Waals surface area (Å²) in [6.45, 7) is 11.0. The van der Waals surface area contributed by atoms with E-state index >= 15 is 0 Å². The third kappa shape index (κ3) is 5.28. The molecule has 3 heteroatoms. The number of nitrogens with zero attached hydrogens (tertiary/aromatic N) is 1. The molecule has 106 valence electrons. The topological polar surface area (TPSA) is 29.5 Å². The van der Waals surface area contributed by atoms with Gasteiger partial charge in [-0.05, 0) is 46.0 Å². The van der Waals surface area contributed by atoms with Gasteiger partial charge in [-0.25, -0.2) is 4.79 Å². The molecule has 18 heavy (non-hydrogen) atoms. The molecule has 0 aromatic heterocycles. The van der Waals surface area contributed by atoms with Gasteiger partial charge in [-0.15, -0.1) is 0 Å². The number of ether oxygens (including phenoxy) is 1. The van der Waals surface area contributed by atoms with E-state index < -0.39 is 5.60 Å². The Hall–Kier alpha value is -0.730. The lowest BCUT2D eigenvalue weighted by atomic mass is 10.1. The van der Waals surface area contributed by atoms with E-state index in [1.165, 1.54) is 12.8 Å². The first-order valence-corrected chi connectivity index (χ1v) is 7.29. The van der Waals surface area contributed by atoms with Crippen molar-refractivity contribution in [3.05, 3.63) is 0 Å². The number of carbonyl (C=O) groups excluding carboxylic acids is 1. The van der Waals surface area contributed by atoms with Gasteiger partial charge in [0.15, 0.2) is 0 Å². The number of hydrogen-bond donors (Lipinski definition) is 0. The molecule has 0 saturated heterocycles. The molecule has 1 fully saturated rings. The zero-order valence-electron chi connectivity index (χ0n) is 12.7.